The summed E-state index contributed by atoms with van der Waals surface area (Å²) in [4.78, 5) is 0. The molecule has 0 bridgehead atoms. The molecule has 0 radical (unpaired) electrons. The predicted molar refractivity (Wildman–Crippen MR) is 82.7 cm³/mol. The molecule has 2 nitrogen and oxygen atoms in total. The van der Waals surface area contributed by atoms with Crippen LogP contribution < -0.4 is 11.1 Å². The van der Waals surface area contributed by atoms with Gasteiger partial charge in [0, 0.05) is 18.5 Å². The first kappa shape index (κ1) is 12.1. The largest absolute Gasteiger partial charge is 0.319 e. The monoisotopic (exact) mass is 264 g/mol. The number of hydrogen-bond donors (Lipinski definition) is 2. The molecule has 0 amide bonds. The van der Waals surface area contributed by atoms with E-state index in [1.807, 2.05) is 0 Å². The minimum absolute atomic E-state index is 0.0650. The zero-order valence-electron chi connectivity index (χ0n) is 12.0. The van der Waals surface area contributed by atoms with Crippen molar-refractivity contribution >= 4 is 0 Å². The third-order valence-electron chi connectivity index (χ3n) is 5.04. The Kier molecular flexibility index (Phi) is 2.25. The second-order valence-corrected chi connectivity index (χ2v) is 6.69. The van der Waals surface area contributed by atoms with E-state index in [9.17, 15) is 0 Å². The van der Waals surface area contributed by atoms with Gasteiger partial charge in [0.25, 0.3) is 0 Å². The van der Waals surface area contributed by atoms with E-state index in [4.69, 9.17) is 5.73 Å². The third-order valence-corrected chi connectivity index (χ3v) is 5.04. The molecule has 2 heteroatoms. The van der Waals surface area contributed by atoms with Gasteiger partial charge in [0.1, 0.15) is 0 Å². The molecule has 1 aliphatic carbocycles. The topological polar surface area (TPSA) is 38.0 Å². The molecule has 2 aromatic rings. The number of nitrogens with two attached hydrogens (primary N) is 1. The first-order valence-corrected chi connectivity index (χ1v) is 7.27. The molecule has 2 aromatic carbocycles. The molecule has 2 aliphatic rings. The second kappa shape index (κ2) is 3.72. The SMILES string of the molecule is CC1(C)c2ccccc2-c2ccc(C3(N)CNC3)cc21. The Balaban J connectivity index is 1.92. The molecule has 4 rings (SSSR count). The van der Waals surface area contributed by atoms with Crippen LogP contribution in [0, 0.1) is 0 Å². The number of benzene rings is 2. The van der Waals surface area contributed by atoms with Crippen LogP contribution in [0.5, 0.6) is 0 Å². The second-order valence-electron chi connectivity index (χ2n) is 6.69. The van der Waals surface area contributed by atoms with Gasteiger partial charge in [-0.15, -0.1) is 0 Å². The third kappa shape index (κ3) is 1.41. The zero-order valence-corrected chi connectivity index (χ0v) is 12.0. The molecule has 0 saturated carbocycles. The Hall–Kier alpha value is -1.64. The Morgan fingerprint density at radius 1 is 0.950 bits per heavy atom. The van der Waals surface area contributed by atoms with Crippen molar-refractivity contribution in [3.8, 4) is 11.1 Å². The summed E-state index contributed by atoms with van der Waals surface area (Å²) in [7, 11) is 0. The predicted octanol–water partition coefficient (Wildman–Crippen LogP) is 2.75. The summed E-state index contributed by atoms with van der Waals surface area (Å²) in [6, 6.07) is 15.5. The van der Waals surface area contributed by atoms with Gasteiger partial charge in [-0.25, -0.2) is 0 Å². The lowest BCUT2D eigenvalue weighted by Gasteiger charge is -2.40. The fraction of sp³-hybridized carbons (Fsp3) is 0.333. The number of rotatable bonds is 1. The highest BCUT2D eigenvalue weighted by molar-refractivity contribution is 5.81. The van der Waals surface area contributed by atoms with E-state index < -0.39 is 0 Å². The van der Waals surface area contributed by atoms with E-state index >= 15 is 0 Å². The zero-order chi connectivity index (χ0) is 14.0. The van der Waals surface area contributed by atoms with E-state index in [0.29, 0.717) is 0 Å². The highest BCUT2D eigenvalue weighted by atomic mass is 15.1. The van der Waals surface area contributed by atoms with E-state index in [1.54, 1.807) is 0 Å². The van der Waals surface area contributed by atoms with E-state index in [2.05, 4.69) is 61.6 Å². The molecule has 0 atom stereocenters. The molecule has 20 heavy (non-hydrogen) atoms. The van der Waals surface area contributed by atoms with Crippen molar-refractivity contribution in [2.24, 2.45) is 5.73 Å². The van der Waals surface area contributed by atoms with Gasteiger partial charge >= 0.3 is 0 Å². The Bertz CT molecular complexity index is 696. The lowest BCUT2D eigenvalue weighted by molar-refractivity contribution is 0.287. The van der Waals surface area contributed by atoms with Crippen molar-refractivity contribution in [3.63, 3.8) is 0 Å². The lowest BCUT2D eigenvalue weighted by Crippen LogP contribution is -2.62. The maximum Gasteiger partial charge on any atom is 0.0662 e. The van der Waals surface area contributed by atoms with Crippen LogP contribution in [0.3, 0.4) is 0 Å². The fourth-order valence-electron chi connectivity index (χ4n) is 3.61. The van der Waals surface area contributed by atoms with E-state index in [-0.39, 0.29) is 11.0 Å². The van der Waals surface area contributed by atoms with Crippen LogP contribution >= 0.6 is 0 Å². The van der Waals surface area contributed by atoms with Gasteiger partial charge < -0.3 is 11.1 Å². The Morgan fingerprint density at radius 3 is 2.35 bits per heavy atom. The molecule has 0 spiro atoms. The van der Waals surface area contributed by atoms with Gasteiger partial charge in [0.2, 0.25) is 0 Å². The molecule has 1 fully saturated rings. The van der Waals surface area contributed by atoms with Gasteiger partial charge in [-0.1, -0.05) is 56.3 Å². The highest BCUT2D eigenvalue weighted by Gasteiger charge is 2.39. The minimum Gasteiger partial charge on any atom is -0.319 e. The molecule has 0 aromatic heterocycles. The van der Waals surface area contributed by atoms with Crippen LogP contribution in [0.1, 0.15) is 30.5 Å². The first-order valence-electron chi connectivity index (χ1n) is 7.27. The minimum atomic E-state index is -0.181. The van der Waals surface area contributed by atoms with Crippen molar-refractivity contribution in [1.82, 2.24) is 5.32 Å². The fourth-order valence-corrected chi connectivity index (χ4v) is 3.61. The van der Waals surface area contributed by atoms with Crippen molar-refractivity contribution < 1.29 is 0 Å². The number of fused-ring (bicyclic) bond motifs is 3. The van der Waals surface area contributed by atoms with Crippen molar-refractivity contribution in [2.75, 3.05) is 13.1 Å². The van der Waals surface area contributed by atoms with E-state index in [1.165, 1.54) is 27.8 Å². The van der Waals surface area contributed by atoms with Crippen molar-refractivity contribution in [1.29, 1.82) is 0 Å². The van der Waals surface area contributed by atoms with E-state index in [0.717, 1.165) is 13.1 Å². The summed E-state index contributed by atoms with van der Waals surface area (Å²) in [6.45, 7) is 6.37. The van der Waals surface area contributed by atoms with Gasteiger partial charge in [0.15, 0.2) is 0 Å². The van der Waals surface area contributed by atoms with Gasteiger partial charge in [-0.2, -0.15) is 0 Å². The number of nitrogens with one attached hydrogen (secondary N) is 1. The molecule has 3 N–H and O–H groups in total. The highest BCUT2D eigenvalue weighted by Crippen LogP contribution is 2.49. The maximum atomic E-state index is 6.45. The Morgan fingerprint density at radius 2 is 1.65 bits per heavy atom. The molecule has 1 aliphatic heterocycles. The quantitative estimate of drug-likeness (QED) is 0.831. The van der Waals surface area contributed by atoms with Crippen molar-refractivity contribution in [2.45, 2.75) is 24.8 Å². The summed E-state index contributed by atoms with van der Waals surface area (Å²) >= 11 is 0. The average molecular weight is 264 g/mol. The van der Waals surface area contributed by atoms with Crippen LogP contribution in [0.2, 0.25) is 0 Å². The Labute approximate surface area is 120 Å². The van der Waals surface area contributed by atoms with Crippen LogP contribution in [-0.2, 0) is 11.0 Å². The summed E-state index contributed by atoms with van der Waals surface area (Å²) in [5.41, 5.74) is 13.2. The molecule has 0 unspecified atom stereocenters. The maximum absolute atomic E-state index is 6.45. The van der Waals surface area contributed by atoms with Gasteiger partial charge in [0.05, 0.1) is 5.54 Å². The lowest BCUT2D eigenvalue weighted by atomic mass is 9.78. The summed E-state index contributed by atoms with van der Waals surface area (Å²) < 4.78 is 0. The summed E-state index contributed by atoms with van der Waals surface area (Å²) in [6.07, 6.45) is 0. The van der Waals surface area contributed by atoms with Crippen LogP contribution in [-0.4, -0.2) is 13.1 Å². The number of hydrogen-bond acceptors (Lipinski definition) is 2. The smallest absolute Gasteiger partial charge is 0.0662 e. The standard InChI is InChI=1S/C18H20N2/c1-17(2)15-6-4-3-5-13(15)14-8-7-12(9-16(14)17)18(19)10-20-11-18/h3-9,20H,10-11,19H2,1-2H3. The molecular formula is C18H20N2. The van der Waals surface area contributed by atoms with Crippen LogP contribution in [0.15, 0.2) is 42.5 Å². The van der Waals surface area contributed by atoms with Gasteiger partial charge in [-0.05, 0) is 27.8 Å². The molecule has 1 heterocycles. The van der Waals surface area contributed by atoms with Crippen molar-refractivity contribution in [3.05, 3.63) is 59.2 Å². The van der Waals surface area contributed by atoms with Crippen LogP contribution in [0.25, 0.3) is 11.1 Å². The molecule has 102 valence electrons. The van der Waals surface area contributed by atoms with Crippen LogP contribution in [0.4, 0.5) is 0 Å². The summed E-state index contributed by atoms with van der Waals surface area (Å²) in [5.74, 6) is 0. The first-order chi connectivity index (χ1) is 9.52. The normalized spacial score (nSPS) is 20.9. The van der Waals surface area contributed by atoms with Gasteiger partial charge in [-0.3, -0.25) is 0 Å². The summed E-state index contributed by atoms with van der Waals surface area (Å²) in [5, 5.41) is 3.28. The average Bonchev–Trinajstić information content (AvgIpc) is 2.65. The molecule has 1 saturated heterocycles. The molecular weight excluding hydrogens is 244 g/mol.